The van der Waals surface area contributed by atoms with Crippen LogP contribution >= 0.6 is 0 Å². The van der Waals surface area contributed by atoms with Crippen molar-refractivity contribution in [3.8, 4) is 5.75 Å². The molecule has 0 fully saturated rings. The van der Waals surface area contributed by atoms with Crippen molar-refractivity contribution in [2.75, 3.05) is 6.61 Å². The van der Waals surface area contributed by atoms with Gasteiger partial charge in [0.15, 0.2) is 0 Å². The topological polar surface area (TPSA) is 55.4 Å². The van der Waals surface area contributed by atoms with Gasteiger partial charge in [0.2, 0.25) is 10.0 Å². The van der Waals surface area contributed by atoms with E-state index in [2.05, 4.69) is 4.72 Å². The molecule has 1 atom stereocenters. The van der Waals surface area contributed by atoms with Crippen molar-refractivity contribution in [2.45, 2.75) is 38.6 Å². The molecule has 0 aliphatic rings. The molecule has 0 saturated heterocycles. The van der Waals surface area contributed by atoms with Crippen LogP contribution in [0.3, 0.4) is 0 Å². The standard InChI is InChI=1S/C18H23NO3S/c1-5-22-17-11-14(3)18(12-13(17)2)23(20,21)19-15(4)16-9-7-6-8-10-16/h6-12,15,19H,5H2,1-4H3. The number of sulfonamides is 1. The van der Waals surface area contributed by atoms with E-state index in [1.807, 2.05) is 51.1 Å². The Morgan fingerprint density at radius 2 is 1.74 bits per heavy atom. The molecule has 4 nitrogen and oxygen atoms in total. The summed E-state index contributed by atoms with van der Waals surface area (Å²) in [6.45, 7) is 7.93. The van der Waals surface area contributed by atoms with Crippen molar-refractivity contribution in [1.82, 2.24) is 4.72 Å². The summed E-state index contributed by atoms with van der Waals surface area (Å²) in [5, 5.41) is 0. The van der Waals surface area contributed by atoms with E-state index < -0.39 is 10.0 Å². The molecule has 0 heterocycles. The van der Waals surface area contributed by atoms with Crippen LogP contribution in [0.15, 0.2) is 47.4 Å². The molecule has 2 aromatic carbocycles. The fourth-order valence-corrected chi connectivity index (χ4v) is 4.01. The molecule has 124 valence electrons. The van der Waals surface area contributed by atoms with Gasteiger partial charge in [-0.15, -0.1) is 0 Å². The van der Waals surface area contributed by atoms with Gasteiger partial charge in [0.1, 0.15) is 5.75 Å². The van der Waals surface area contributed by atoms with Gasteiger partial charge in [0.05, 0.1) is 11.5 Å². The third kappa shape index (κ3) is 4.12. The van der Waals surface area contributed by atoms with Gasteiger partial charge in [-0.05, 0) is 56.5 Å². The summed E-state index contributed by atoms with van der Waals surface area (Å²) >= 11 is 0. The average Bonchev–Trinajstić information content (AvgIpc) is 2.51. The molecule has 0 aliphatic carbocycles. The number of rotatable bonds is 6. The first-order valence-electron chi connectivity index (χ1n) is 7.66. The Bertz CT molecular complexity index is 770. The molecule has 0 amide bonds. The monoisotopic (exact) mass is 333 g/mol. The molecule has 0 radical (unpaired) electrons. The van der Waals surface area contributed by atoms with Crippen LogP contribution in [0.4, 0.5) is 0 Å². The lowest BCUT2D eigenvalue weighted by molar-refractivity contribution is 0.337. The minimum absolute atomic E-state index is 0.293. The summed E-state index contributed by atoms with van der Waals surface area (Å²) in [4.78, 5) is 0.293. The lowest BCUT2D eigenvalue weighted by Crippen LogP contribution is -2.27. The Balaban J connectivity index is 2.31. The normalized spacial score (nSPS) is 12.9. The summed E-state index contributed by atoms with van der Waals surface area (Å²) in [6.07, 6.45) is 0. The molecule has 0 saturated carbocycles. The van der Waals surface area contributed by atoms with E-state index in [9.17, 15) is 8.42 Å². The Labute approximate surface area is 138 Å². The molecule has 5 heteroatoms. The van der Waals surface area contributed by atoms with Crippen LogP contribution in [0, 0.1) is 13.8 Å². The van der Waals surface area contributed by atoms with Crippen molar-refractivity contribution in [1.29, 1.82) is 0 Å². The lowest BCUT2D eigenvalue weighted by atomic mass is 10.1. The summed E-state index contributed by atoms with van der Waals surface area (Å²) in [6, 6.07) is 12.7. The largest absolute Gasteiger partial charge is 0.494 e. The smallest absolute Gasteiger partial charge is 0.241 e. The molecule has 23 heavy (non-hydrogen) atoms. The Morgan fingerprint density at radius 3 is 2.35 bits per heavy atom. The van der Waals surface area contributed by atoms with E-state index in [1.165, 1.54) is 0 Å². The summed E-state index contributed by atoms with van der Waals surface area (Å²) in [7, 11) is -3.60. The zero-order valence-electron chi connectivity index (χ0n) is 14.0. The zero-order chi connectivity index (χ0) is 17.0. The number of ether oxygens (including phenoxy) is 1. The molecule has 2 aromatic rings. The number of aryl methyl sites for hydroxylation is 2. The average molecular weight is 333 g/mol. The number of nitrogens with one attached hydrogen (secondary N) is 1. The van der Waals surface area contributed by atoms with Gasteiger partial charge in [-0.25, -0.2) is 13.1 Å². The van der Waals surface area contributed by atoms with Crippen LogP contribution in [-0.4, -0.2) is 15.0 Å². The van der Waals surface area contributed by atoms with Gasteiger partial charge < -0.3 is 4.74 Å². The minimum atomic E-state index is -3.60. The van der Waals surface area contributed by atoms with Gasteiger partial charge >= 0.3 is 0 Å². The SMILES string of the molecule is CCOc1cc(C)c(S(=O)(=O)NC(C)c2ccccc2)cc1C. The Kier molecular flexibility index (Phi) is 5.44. The van der Waals surface area contributed by atoms with Crippen molar-refractivity contribution in [3.05, 3.63) is 59.2 Å². The Morgan fingerprint density at radius 1 is 1.09 bits per heavy atom. The van der Waals surface area contributed by atoms with Crippen LogP contribution in [0.2, 0.25) is 0 Å². The molecule has 0 spiro atoms. The van der Waals surface area contributed by atoms with Gasteiger partial charge in [-0.3, -0.25) is 0 Å². The number of hydrogen-bond acceptors (Lipinski definition) is 3. The summed E-state index contributed by atoms with van der Waals surface area (Å²) in [5.74, 6) is 0.722. The Hall–Kier alpha value is -1.85. The van der Waals surface area contributed by atoms with Crippen molar-refractivity contribution >= 4 is 10.0 Å². The first-order valence-corrected chi connectivity index (χ1v) is 9.14. The second-order valence-electron chi connectivity index (χ2n) is 5.57. The van der Waals surface area contributed by atoms with Crippen molar-refractivity contribution in [3.63, 3.8) is 0 Å². The van der Waals surface area contributed by atoms with Crippen molar-refractivity contribution < 1.29 is 13.2 Å². The third-order valence-corrected chi connectivity index (χ3v) is 5.38. The molecule has 0 aliphatic heterocycles. The van der Waals surface area contributed by atoms with E-state index >= 15 is 0 Å². The van der Waals surface area contributed by atoms with E-state index in [1.54, 1.807) is 19.1 Å². The molecule has 0 bridgehead atoms. The second kappa shape index (κ2) is 7.15. The minimum Gasteiger partial charge on any atom is -0.494 e. The highest BCUT2D eigenvalue weighted by atomic mass is 32.2. The highest BCUT2D eigenvalue weighted by Crippen LogP contribution is 2.27. The molecule has 1 N–H and O–H groups in total. The van der Waals surface area contributed by atoms with Gasteiger partial charge in [0, 0.05) is 6.04 Å². The van der Waals surface area contributed by atoms with Crippen LogP contribution < -0.4 is 9.46 Å². The maximum Gasteiger partial charge on any atom is 0.241 e. The zero-order valence-corrected chi connectivity index (χ0v) is 14.8. The highest BCUT2D eigenvalue weighted by Gasteiger charge is 2.21. The maximum atomic E-state index is 12.7. The van der Waals surface area contributed by atoms with Crippen LogP contribution in [0.1, 0.15) is 36.6 Å². The van der Waals surface area contributed by atoms with Crippen molar-refractivity contribution in [2.24, 2.45) is 0 Å². The quantitative estimate of drug-likeness (QED) is 0.876. The van der Waals surface area contributed by atoms with Crippen LogP contribution in [0.25, 0.3) is 0 Å². The first-order chi connectivity index (χ1) is 10.8. The molecule has 1 unspecified atom stereocenters. The molecule has 0 aromatic heterocycles. The number of hydrogen-bond donors (Lipinski definition) is 1. The van der Waals surface area contributed by atoms with E-state index in [-0.39, 0.29) is 6.04 Å². The van der Waals surface area contributed by atoms with Gasteiger partial charge in [-0.2, -0.15) is 0 Å². The van der Waals surface area contributed by atoms with Gasteiger partial charge in [-0.1, -0.05) is 30.3 Å². The first kappa shape index (κ1) is 17.5. The molecular weight excluding hydrogens is 310 g/mol. The fraction of sp³-hybridized carbons (Fsp3) is 0.333. The van der Waals surface area contributed by atoms with E-state index in [4.69, 9.17) is 4.74 Å². The predicted molar refractivity (Wildman–Crippen MR) is 92.3 cm³/mol. The predicted octanol–water partition coefficient (Wildman–Crippen LogP) is 3.74. The van der Waals surface area contributed by atoms with Gasteiger partial charge in [0.25, 0.3) is 0 Å². The lowest BCUT2D eigenvalue weighted by Gasteiger charge is -2.17. The third-order valence-electron chi connectivity index (χ3n) is 3.69. The molecule has 2 rings (SSSR count). The summed E-state index contributed by atoms with van der Waals surface area (Å²) < 4.78 is 33.7. The maximum absolute atomic E-state index is 12.7. The van der Waals surface area contributed by atoms with E-state index in [0.717, 1.165) is 16.9 Å². The summed E-state index contributed by atoms with van der Waals surface area (Å²) in [5.41, 5.74) is 2.41. The second-order valence-corrected chi connectivity index (χ2v) is 7.25. The number of benzene rings is 2. The van der Waals surface area contributed by atoms with Crippen LogP contribution in [-0.2, 0) is 10.0 Å². The highest BCUT2D eigenvalue weighted by molar-refractivity contribution is 7.89. The van der Waals surface area contributed by atoms with Crippen LogP contribution in [0.5, 0.6) is 5.75 Å². The molecular formula is C18H23NO3S. The fourth-order valence-electron chi connectivity index (χ4n) is 2.47. The van der Waals surface area contributed by atoms with E-state index in [0.29, 0.717) is 17.1 Å².